The van der Waals surface area contributed by atoms with Gasteiger partial charge in [-0.15, -0.1) is 0 Å². The summed E-state index contributed by atoms with van der Waals surface area (Å²) in [5.74, 6) is 1.71. The van der Waals surface area contributed by atoms with Gasteiger partial charge in [-0.1, -0.05) is 24.8 Å². The lowest BCUT2D eigenvalue weighted by Crippen LogP contribution is -2.29. The summed E-state index contributed by atoms with van der Waals surface area (Å²) in [6, 6.07) is 10.2. The van der Waals surface area contributed by atoms with Crippen LogP contribution in [-0.2, 0) is 0 Å². The maximum absolute atomic E-state index is 5.81. The van der Waals surface area contributed by atoms with Crippen LogP contribution in [0.15, 0.2) is 41.5 Å². The van der Waals surface area contributed by atoms with Gasteiger partial charge in [-0.25, -0.2) is 0 Å². The molecule has 6 heteroatoms. The summed E-state index contributed by atoms with van der Waals surface area (Å²) in [5, 5.41) is 1.64. The largest absolute Gasteiger partial charge is 0.496 e. The van der Waals surface area contributed by atoms with E-state index in [2.05, 4.69) is 28.9 Å². The van der Waals surface area contributed by atoms with Crippen LogP contribution in [0.4, 0.5) is 0 Å². The molecule has 3 atom stereocenters. The van der Waals surface area contributed by atoms with Crippen molar-refractivity contribution in [1.29, 1.82) is 0 Å². The van der Waals surface area contributed by atoms with E-state index in [0.29, 0.717) is 5.25 Å². The van der Waals surface area contributed by atoms with Crippen LogP contribution in [0, 0.1) is 6.92 Å². The molecule has 26 heavy (non-hydrogen) atoms. The third kappa shape index (κ3) is 2.72. The van der Waals surface area contributed by atoms with Gasteiger partial charge >= 0.3 is 0 Å². The number of hydrogen-bond donors (Lipinski definition) is 0. The van der Waals surface area contributed by atoms with Crippen LogP contribution in [0.1, 0.15) is 35.8 Å². The highest BCUT2D eigenvalue weighted by molar-refractivity contribution is 8.14. The predicted molar refractivity (Wildman–Crippen MR) is 105 cm³/mol. The smallest absolute Gasteiger partial charge is 0.160 e. The Labute approximate surface area is 158 Å². The molecule has 0 unspecified atom stereocenters. The van der Waals surface area contributed by atoms with Gasteiger partial charge in [-0.05, 0) is 31.2 Å². The SMILES string of the molecule is COc1ccc([C@@H]2[C@H](c3ccccn3)N=C3S[C@H](C)CN32)c(OC)c1C. The molecule has 0 spiro atoms. The summed E-state index contributed by atoms with van der Waals surface area (Å²) in [4.78, 5) is 12.0. The van der Waals surface area contributed by atoms with Crippen LogP contribution in [0.3, 0.4) is 0 Å². The Morgan fingerprint density at radius 1 is 1.15 bits per heavy atom. The van der Waals surface area contributed by atoms with Crippen molar-refractivity contribution in [3.63, 3.8) is 0 Å². The number of amidine groups is 1. The number of methoxy groups -OCH3 is 2. The van der Waals surface area contributed by atoms with Crippen LogP contribution >= 0.6 is 11.8 Å². The molecule has 0 aliphatic carbocycles. The van der Waals surface area contributed by atoms with E-state index in [-0.39, 0.29) is 12.1 Å². The van der Waals surface area contributed by atoms with Crippen LogP contribution < -0.4 is 9.47 Å². The monoisotopic (exact) mass is 369 g/mol. The lowest BCUT2D eigenvalue weighted by Gasteiger charge is -2.29. The minimum absolute atomic E-state index is 0.0344. The van der Waals surface area contributed by atoms with Crippen molar-refractivity contribution in [3.05, 3.63) is 53.3 Å². The van der Waals surface area contributed by atoms with Crippen molar-refractivity contribution in [2.24, 2.45) is 4.99 Å². The van der Waals surface area contributed by atoms with Crippen molar-refractivity contribution in [1.82, 2.24) is 9.88 Å². The molecular formula is C20H23N3O2S. The average molecular weight is 369 g/mol. The molecule has 0 saturated carbocycles. The summed E-state index contributed by atoms with van der Waals surface area (Å²) in [6.45, 7) is 5.26. The first-order chi connectivity index (χ1) is 12.6. The third-order valence-corrected chi connectivity index (χ3v) is 6.11. The fourth-order valence-electron chi connectivity index (χ4n) is 3.87. The Hall–Kier alpha value is -2.21. The molecule has 136 valence electrons. The number of thioether (sulfide) groups is 1. The molecule has 5 nitrogen and oxygen atoms in total. The van der Waals surface area contributed by atoms with Gasteiger partial charge in [0.1, 0.15) is 17.5 Å². The fraction of sp³-hybridized carbons (Fsp3) is 0.400. The van der Waals surface area contributed by atoms with E-state index >= 15 is 0 Å². The number of rotatable bonds is 4. The van der Waals surface area contributed by atoms with Gasteiger partial charge in [-0.2, -0.15) is 0 Å². The molecule has 0 radical (unpaired) electrons. The Kier molecular flexibility index (Phi) is 4.53. The highest BCUT2D eigenvalue weighted by atomic mass is 32.2. The topological polar surface area (TPSA) is 47.0 Å². The second-order valence-electron chi connectivity index (χ2n) is 6.65. The summed E-state index contributed by atoms with van der Waals surface area (Å²) in [5.41, 5.74) is 3.14. The lowest BCUT2D eigenvalue weighted by atomic mass is 9.93. The Morgan fingerprint density at radius 3 is 2.69 bits per heavy atom. The molecule has 2 aliphatic rings. The molecular weight excluding hydrogens is 346 g/mol. The van der Waals surface area contributed by atoms with Gasteiger partial charge in [0.2, 0.25) is 0 Å². The van der Waals surface area contributed by atoms with E-state index in [1.54, 1.807) is 14.2 Å². The normalized spacial score (nSPS) is 24.4. The highest BCUT2D eigenvalue weighted by Crippen LogP contribution is 2.50. The standard InChI is InChI=1S/C20H23N3O2S/c1-12-11-23-18(14-8-9-16(24-3)13(2)19(14)25-4)17(22-20(23)26-12)15-7-5-6-10-21-15/h5-10,12,17-18H,11H2,1-4H3/t12-,17+,18-/m1/s1. The number of aromatic nitrogens is 1. The van der Waals surface area contributed by atoms with Gasteiger partial charge in [0, 0.05) is 29.1 Å². The molecule has 1 aromatic carbocycles. The summed E-state index contributed by atoms with van der Waals surface area (Å²) in [6.07, 6.45) is 1.84. The zero-order chi connectivity index (χ0) is 18.3. The van der Waals surface area contributed by atoms with Crippen LogP contribution in [0.25, 0.3) is 0 Å². The first-order valence-corrected chi connectivity index (χ1v) is 9.65. The van der Waals surface area contributed by atoms with Gasteiger partial charge < -0.3 is 14.4 Å². The maximum Gasteiger partial charge on any atom is 0.160 e. The van der Waals surface area contributed by atoms with Crippen molar-refractivity contribution in [2.75, 3.05) is 20.8 Å². The number of fused-ring (bicyclic) bond motifs is 1. The second kappa shape index (κ2) is 6.83. The molecule has 1 aromatic heterocycles. The Balaban J connectivity index is 1.84. The first-order valence-electron chi connectivity index (χ1n) is 8.77. The number of aliphatic imine (C=N–C) groups is 1. The number of nitrogens with zero attached hydrogens (tertiary/aromatic N) is 3. The second-order valence-corrected chi connectivity index (χ2v) is 8.06. The van der Waals surface area contributed by atoms with Gasteiger partial charge in [0.15, 0.2) is 5.17 Å². The van der Waals surface area contributed by atoms with Crippen LogP contribution in [-0.4, -0.2) is 41.1 Å². The van der Waals surface area contributed by atoms with Crippen LogP contribution in [0.5, 0.6) is 11.5 Å². The summed E-state index contributed by atoms with van der Waals surface area (Å²) >= 11 is 1.84. The third-order valence-electron chi connectivity index (χ3n) is 5.01. The molecule has 0 amide bonds. The molecule has 1 saturated heterocycles. The Morgan fingerprint density at radius 2 is 2.00 bits per heavy atom. The molecule has 3 heterocycles. The quantitative estimate of drug-likeness (QED) is 0.815. The number of hydrogen-bond acceptors (Lipinski definition) is 6. The van der Waals surface area contributed by atoms with Crippen molar-refractivity contribution in [3.8, 4) is 11.5 Å². The zero-order valence-corrected chi connectivity index (χ0v) is 16.3. The van der Waals surface area contributed by atoms with E-state index in [0.717, 1.165) is 40.0 Å². The number of pyridine rings is 1. The van der Waals surface area contributed by atoms with Crippen molar-refractivity contribution < 1.29 is 9.47 Å². The van der Waals surface area contributed by atoms with Gasteiger partial charge in [0.25, 0.3) is 0 Å². The van der Waals surface area contributed by atoms with E-state index in [1.165, 1.54) is 0 Å². The number of benzene rings is 1. The van der Waals surface area contributed by atoms with E-state index in [4.69, 9.17) is 14.5 Å². The molecule has 1 fully saturated rings. The van der Waals surface area contributed by atoms with Gasteiger partial charge in [-0.3, -0.25) is 9.98 Å². The van der Waals surface area contributed by atoms with E-state index in [9.17, 15) is 0 Å². The van der Waals surface area contributed by atoms with E-state index in [1.807, 2.05) is 43.1 Å². The highest BCUT2D eigenvalue weighted by Gasteiger charge is 2.44. The summed E-state index contributed by atoms with van der Waals surface area (Å²) in [7, 11) is 3.41. The van der Waals surface area contributed by atoms with E-state index < -0.39 is 0 Å². The lowest BCUT2D eigenvalue weighted by molar-refractivity contribution is 0.305. The van der Waals surface area contributed by atoms with Crippen molar-refractivity contribution in [2.45, 2.75) is 31.2 Å². The van der Waals surface area contributed by atoms with Crippen LogP contribution in [0.2, 0.25) is 0 Å². The number of ether oxygens (including phenoxy) is 2. The summed E-state index contributed by atoms with van der Waals surface area (Å²) < 4.78 is 11.3. The van der Waals surface area contributed by atoms with Gasteiger partial charge in [0.05, 0.1) is 26.0 Å². The average Bonchev–Trinajstić information content (AvgIpc) is 3.18. The molecule has 0 N–H and O–H groups in total. The first kappa shape index (κ1) is 17.2. The molecule has 4 rings (SSSR count). The minimum atomic E-state index is -0.0344. The zero-order valence-electron chi connectivity index (χ0n) is 15.5. The van der Waals surface area contributed by atoms with Crippen molar-refractivity contribution >= 4 is 16.9 Å². The molecule has 2 aliphatic heterocycles. The fourth-order valence-corrected chi connectivity index (χ4v) is 4.97. The Bertz CT molecular complexity index is 840. The minimum Gasteiger partial charge on any atom is -0.496 e. The predicted octanol–water partition coefficient (Wildman–Crippen LogP) is 4.00. The maximum atomic E-state index is 5.81. The molecule has 2 aromatic rings. The molecule has 0 bridgehead atoms.